The van der Waals surface area contributed by atoms with E-state index in [4.69, 9.17) is 4.74 Å². The smallest absolute Gasteiger partial charge is 0.187 e. The Morgan fingerprint density at radius 2 is 1.45 bits per heavy atom. The number of hydrogen-bond donors (Lipinski definition) is 1. The number of benzene rings is 3. The predicted octanol–water partition coefficient (Wildman–Crippen LogP) is 6.43. The van der Waals surface area contributed by atoms with Crippen LogP contribution in [0.1, 0.15) is 17.3 Å². The molecule has 1 heterocycles. The topological polar surface area (TPSA) is 51.2 Å². The molecule has 4 rings (SSSR count). The normalized spacial score (nSPS) is 10.6. The van der Waals surface area contributed by atoms with Gasteiger partial charge >= 0.3 is 0 Å². The van der Waals surface area contributed by atoms with Gasteiger partial charge < -0.3 is 10.1 Å². The molecule has 0 fully saturated rings. The number of hydrogen-bond acceptors (Lipinski definition) is 5. The summed E-state index contributed by atoms with van der Waals surface area (Å²) < 4.78 is 5.22. The number of rotatable bonds is 6. The number of aromatic nitrogens is 1. The van der Waals surface area contributed by atoms with Crippen LogP contribution in [0.15, 0.2) is 78.2 Å². The number of thiazole rings is 1. The van der Waals surface area contributed by atoms with E-state index in [1.165, 1.54) is 0 Å². The maximum atomic E-state index is 11.4. The molecule has 0 amide bonds. The molecule has 0 saturated carbocycles. The highest BCUT2D eigenvalue weighted by atomic mass is 32.1. The number of ketones is 1. The number of ether oxygens (including phenoxy) is 1. The molecule has 144 valence electrons. The van der Waals surface area contributed by atoms with Crippen LogP contribution in [-0.2, 0) is 0 Å². The van der Waals surface area contributed by atoms with E-state index in [-0.39, 0.29) is 5.78 Å². The van der Waals surface area contributed by atoms with Crippen molar-refractivity contribution < 1.29 is 9.53 Å². The van der Waals surface area contributed by atoms with Gasteiger partial charge in [-0.05, 0) is 54.4 Å². The first-order chi connectivity index (χ1) is 14.1. The summed E-state index contributed by atoms with van der Waals surface area (Å²) in [6, 6.07) is 23.8. The SMILES string of the molecule is COc1ccc(-c2ccc(-c3csc(Nc4ccc(C(C)=O)cc4)n3)cc2)cc1. The first-order valence-corrected chi connectivity index (χ1v) is 10.1. The van der Waals surface area contributed by atoms with Crippen molar-refractivity contribution in [3.63, 3.8) is 0 Å². The molecule has 5 heteroatoms. The van der Waals surface area contributed by atoms with Crippen LogP contribution >= 0.6 is 11.3 Å². The van der Waals surface area contributed by atoms with Gasteiger partial charge in [0.05, 0.1) is 12.8 Å². The molecule has 4 nitrogen and oxygen atoms in total. The van der Waals surface area contributed by atoms with Crippen molar-refractivity contribution in [2.75, 3.05) is 12.4 Å². The third kappa shape index (κ3) is 4.36. The van der Waals surface area contributed by atoms with Crippen LogP contribution < -0.4 is 10.1 Å². The Kier molecular flexibility index (Phi) is 5.40. The van der Waals surface area contributed by atoms with Crippen molar-refractivity contribution in [3.8, 4) is 28.1 Å². The molecule has 0 aliphatic carbocycles. The summed E-state index contributed by atoms with van der Waals surface area (Å²) in [5.41, 5.74) is 5.90. The largest absolute Gasteiger partial charge is 0.497 e. The van der Waals surface area contributed by atoms with E-state index in [0.717, 1.165) is 39.0 Å². The van der Waals surface area contributed by atoms with Gasteiger partial charge in [-0.1, -0.05) is 36.4 Å². The van der Waals surface area contributed by atoms with E-state index in [1.807, 2.05) is 41.8 Å². The van der Waals surface area contributed by atoms with Gasteiger partial charge in [-0.3, -0.25) is 4.79 Å². The zero-order valence-corrected chi connectivity index (χ0v) is 17.0. The number of nitrogens with zero attached hydrogens (tertiary/aromatic N) is 1. The summed E-state index contributed by atoms with van der Waals surface area (Å²) in [5, 5.41) is 6.14. The Hall–Kier alpha value is -3.44. The average molecular weight is 401 g/mol. The molecule has 29 heavy (non-hydrogen) atoms. The zero-order valence-electron chi connectivity index (χ0n) is 16.2. The predicted molar refractivity (Wildman–Crippen MR) is 119 cm³/mol. The molecule has 0 unspecified atom stereocenters. The minimum Gasteiger partial charge on any atom is -0.497 e. The number of anilines is 2. The lowest BCUT2D eigenvalue weighted by atomic mass is 10.0. The monoisotopic (exact) mass is 400 g/mol. The summed E-state index contributed by atoms with van der Waals surface area (Å²) in [6.07, 6.45) is 0. The van der Waals surface area contributed by atoms with Crippen LogP contribution in [0.3, 0.4) is 0 Å². The molecule has 0 aliphatic rings. The Labute approximate surface area is 173 Å². The lowest BCUT2D eigenvalue weighted by molar-refractivity contribution is 0.101. The molecule has 0 atom stereocenters. The van der Waals surface area contributed by atoms with E-state index in [0.29, 0.717) is 5.56 Å². The van der Waals surface area contributed by atoms with Gasteiger partial charge in [-0.2, -0.15) is 0 Å². The van der Waals surface area contributed by atoms with Gasteiger partial charge in [0.2, 0.25) is 0 Å². The fourth-order valence-corrected chi connectivity index (χ4v) is 3.73. The van der Waals surface area contributed by atoms with Crippen molar-refractivity contribution in [1.82, 2.24) is 4.98 Å². The second kappa shape index (κ2) is 8.29. The fraction of sp³-hybridized carbons (Fsp3) is 0.0833. The van der Waals surface area contributed by atoms with Crippen LogP contribution in [0.4, 0.5) is 10.8 Å². The van der Waals surface area contributed by atoms with E-state index >= 15 is 0 Å². The minimum absolute atomic E-state index is 0.0613. The van der Waals surface area contributed by atoms with Crippen LogP contribution in [0, 0.1) is 0 Å². The van der Waals surface area contributed by atoms with Gasteiger partial charge in [0.15, 0.2) is 10.9 Å². The highest BCUT2D eigenvalue weighted by molar-refractivity contribution is 7.14. The highest BCUT2D eigenvalue weighted by Crippen LogP contribution is 2.29. The van der Waals surface area contributed by atoms with E-state index in [9.17, 15) is 4.79 Å². The standard InChI is InChI=1S/C24H20N2O2S/c1-16(27)17-7-11-21(12-8-17)25-24-26-23(15-29-24)20-5-3-18(4-6-20)19-9-13-22(28-2)14-10-19/h3-15H,1-2H3,(H,25,26). The average Bonchev–Trinajstić information content (AvgIpc) is 3.23. The van der Waals surface area contributed by atoms with Gasteiger partial charge in [0, 0.05) is 22.2 Å². The second-order valence-corrected chi connectivity index (χ2v) is 7.46. The van der Waals surface area contributed by atoms with E-state index < -0.39 is 0 Å². The fourth-order valence-electron chi connectivity index (χ4n) is 2.99. The Morgan fingerprint density at radius 1 is 0.862 bits per heavy atom. The molecule has 1 N–H and O–H groups in total. The molecule has 0 aliphatic heterocycles. The minimum atomic E-state index is 0.0613. The van der Waals surface area contributed by atoms with E-state index in [1.54, 1.807) is 25.4 Å². The summed E-state index contributed by atoms with van der Waals surface area (Å²) in [7, 11) is 1.67. The maximum Gasteiger partial charge on any atom is 0.187 e. The molecule has 0 radical (unpaired) electrons. The van der Waals surface area contributed by atoms with Crippen molar-refractivity contribution in [1.29, 1.82) is 0 Å². The zero-order chi connectivity index (χ0) is 20.2. The molecule has 3 aromatic carbocycles. The van der Waals surface area contributed by atoms with E-state index in [2.05, 4.69) is 46.7 Å². The van der Waals surface area contributed by atoms with Gasteiger partial charge in [-0.15, -0.1) is 11.3 Å². The molecule has 0 saturated heterocycles. The summed E-state index contributed by atoms with van der Waals surface area (Å²) in [4.78, 5) is 16.1. The molecule has 1 aromatic heterocycles. The lowest BCUT2D eigenvalue weighted by Gasteiger charge is -2.05. The molecule has 0 spiro atoms. The maximum absolute atomic E-state index is 11.4. The van der Waals surface area contributed by atoms with Gasteiger partial charge in [-0.25, -0.2) is 4.98 Å². The number of methoxy groups -OCH3 is 1. The molecular formula is C24H20N2O2S. The number of Topliss-reactive ketones (excluding diaryl/α,β-unsaturated/α-hetero) is 1. The first kappa shape index (κ1) is 18.9. The molecular weight excluding hydrogens is 380 g/mol. The summed E-state index contributed by atoms with van der Waals surface area (Å²) >= 11 is 1.55. The Morgan fingerprint density at radius 3 is 2.03 bits per heavy atom. The lowest BCUT2D eigenvalue weighted by Crippen LogP contribution is -1.93. The summed E-state index contributed by atoms with van der Waals surface area (Å²) in [5.74, 6) is 0.912. The second-order valence-electron chi connectivity index (χ2n) is 6.60. The van der Waals surface area contributed by atoms with Gasteiger partial charge in [0.25, 0.3) is 0 Å². The van der Waals surface area contributed by atoms with Crippen molar-refractivity contribution >= 4 is 27.9 Å². The number of nitrogens with one attached hydrogen (secondary N) is 1. The number of carbonyl (C=O) groups excluding carboxylic acids is 1. The van der Waals surface area contributed by atoms with Crippen LogP contribution in [0.2, 0.25) is 0 Å². The Bertz CT molecular complexity index is 1120. The third-order valence-corrected chi connectivity index (χ3v) is 5.41. The molecule has 4 aromatic rings. The Balaban J connectivity index is 1.48. The summed E-state index contributed by atoms with van der Waals surface area (Å²) in [6.45, 7) is 1.56. The van der Waals surface area contributed by atoms with Crippen LogP contribution in [-0.4, -0.2) is 17.9 Å². The van der Waals surface area contributed by atoms with Crippen LogP contribution in [0.5, 0.6) is 5.75 Å². The van der Waals surface area contributed by atoms with Crippen LogP contribution in [0.25, 0.3) is 22.4 Å². The van der Waals surface area contributed by atoms with Crippen molar-refractivity contribution in [2.24, 2.45) is 0 Å². The van der Waals surface area contributed by atoms with Crippen molar-refractivity contribution in [2.45, 2.75) is 6.92 Å². The van der Waals surface area contributed by atoms with Gasteiger partial charge in [0.1, 0.15) is 5.75 Å². The number of carbonyl (C=O) groups is 1. The third-order valence-electron chi connectivity index (χ3n) is 4.65. The quantitative estimate of drug-likeness (QED) is 0.379. The molecule has 0 bridgehead atoms. The highest BCUT2D eigenvalue weighted by Gasteiger charge is 2.07. The first-order valence-electron chi connectivity index (χ1n) is 9.21. The van der Waals surface area contributed by atoms with Crippen molar-refractivity contribution in [3.05, 3.63) is 83.7 Å².